The summed E-state index contributed by atoms with van der Waals surface area (Å²) in [5.74, 6) is 0.959. The lowest BCUT2D eigenvalue weighted by Gasteiger charge is -2.21. The van der Waals surface area contributed by atoms with Crippen LogP contribution in [0.3, 0.4) is 0 Å². The Kier molecular flexibility index (Phi) is 4.57. The van der Waals surface area contributed by atoms with Crippen molar-refractivity contribution in [1.29, 1.82) is 0 Å². The third kappa shape index (κ3) is 4.44. The highest BCUT2D eigenvalue weighted by Crippen LogP contribution is 2.41. The molecule has 1 saturated heterocycles. The molecule has 1 saturated carbocycles. The molecule has 1 atom stereocenters. The average molecular weight is 318 g/mol. The highest BCUT2D eigenvalue weighted by atomic mass is 16.5. The molecule has 2 fully saturated rings. The van der Waals surface area contributed by atoms with Gasteiger partial charge >= 0.3 is 0 Å². The summed E-state index contributed by atoms with van der Waals surface area (Å²) in [6.07, 6.45) is 6.41. The number of nitrogens with one attached hydrogen (secondary N) is 1. The number of amides is 1. The predicted molar refractivity (Wildman–Crippen MR) is 87.9 cm³/mol. The van der Waals surface area contributed by atoms with Crippen LogP contribution in [0.15, 0.2) is 12.3 Å². The number of hydrogen-bond donors (Lipinski definition) is 1. The number of rotatable bonds is 5. The molecule has 23 heavy (non-hydrogen) atoms. The fourth-order valence-corrected chi connectivity index (χ4v) is 2.74. The van der Waals surface area contributed by atoms with E-state index in [1.54, 1.807) is 0 Å². The molecule has 1 amide bonds. The molecule has 1 aromatic rings. The lowest BCUT2D eigenvalue weighted by molar-refractivity contribution is 0.0666. The van der Waals surface area contributed by atoms with Crippen LogP contribution in [-0.2, 0) is 4.74 Å². The number of carbonyl (C=O) groups excluding carboxylic acids is 1. The Labute approximate surface area is 137 Å². The summed E-state index contributed by atoms with van der Waals surface area (Å²) in [5.41, 5.74) is 1.22. The summed E-state index contributed by atoms with van der Waals surface area (Å²) >= 11 is 0. The Morgan fingerprint density at radius 2 is 2.17 bits per heavy atom. The highest BCUT2D eigenvalue weighted by Gasteiger charge is 2.27. The summed E-state index contributed by atoms with van der Waals surface area (Å²) in [6.45, 7) is 7.14. The summed E-state index contributed by atoms with van der Waals surface area (Å²) in [7, 11) is 0. The van der Waals surface area contributed by atoms with Crippen molar-refractivity contribution in [3.63, 3.8) is 0 Å². The van der Waals surface area contributed by atoms with Gasteiger partial charge in [0.1, 0.15) is 6.61 Å². The minimum Gasteiger partial charge on any atom is -0.488 e. The molecule has 0 radical (unpaired) electrons. The molecule has 1 aliphatic carbocycles. The van der Waals surface area contributed by atoms with Crippen LogP contribution in [0.1, 0.15) is 68.4 Å². The fraction of sp³-hybridized carbons (Fsp3) is 0.667. The van der Waals surface area contributed by atoms with Gasteiger partial charge in [-0.15, -0.1) is 0 Å². The topological polar surface area (TPSA) is 60.5 Å². The zero-order valence-corrected chi connectivity index (χ0v) is 14.2. The second-order valence-corrected chi connectivity index (χ2v) is 7.54. The van der Waals surface area contributed by atoms with Crippen molar-refractivity contribution in [1.82, 2.24) is 10.3 Å². The first-order valence-corrected chi connectivity index (χ1v) is 8.49. The lowest BCUT2D eigenvalue weighted by atomic mass is 10.1. The van der Waals surface area contributed by atoms with E-state index in [1.165, 1.54) is 18.4 Å². The van der Waals surface area contributed by atoms with Crippen molar-refractivity contribution < 1.29 is 14.3 Å². The molecule has 1 aliphatic heterocycles. The van der Waals surface area contributed by atoms with E-state index in [1.807, 2.05) is 33.0 Å². The molecule has 2 aliphatic rings. The van der Waals surface area contributed by atoms with Crippen LogP contribution in [0.4, 0.5) is 0 Å². The van der Waals surface area contributed by atoms with Crippen molar-refractivity contribution in [2.75, 3.05) is 13.2 Å². The van der Waals surface area contributed by atoms with E-state index in [4.69, 9.17) is 9.47 Å². The second kappa shape index (κ2) is 6.48. The molecular weight excluding hydrogens is 292 g/mol. The van der Waals surface area contributed by atoms with Crippen LogP contribution < -0.4 is 10.1 Å². The first-order chi connectivity index (χ1) is 10.9. The number of hydrogen-bond acceptors (Lipinski definition) is 4. The second-order valence-electron chi connectivity index (χ2n) is 7.54. The Hall–Kier alpha value is -1.62. The Morgan fingerprint density at radius 1 is 1.39 bits per heavy atom. The van der Waals surface area contributed by atoms with Gasteiger partial charge in [0.25, 0.3) is 5.91 Å². The van der Waals surface area contributed by atoms with Crippen molar-refractivity contribution >= 4 is 5.91 Å². The van der Waals surface area contributed by atoms with Crippen LogP contribution >= 0.6 is 0 Å². The van der Waals surface area contributed by atoms with Crippen molar-refractivity contribution in [3.05, 3.63) is 23.5 Å². The van der Waals surface area contributed by atoms with E-state index in [9.17, 15) is 4.79 Å². The van der Waals surface area contributed by atoms with Gasteiger partial charge in [-0.3, -0.25) is 4.79 Å². The minimum atomic E-state index is -0.306. The van der Waals surface area contributed by atoms with Gasteiger partial charge in [0, 0.05) is 18.3 Å². The van der Waals surface area contributed by atoms with E-state index in [-0.39, 0.29) is 17.6 Å². The average Bonchev–Trinajstić information content (AvgIpc) is 3.20. The zero-order valence-electron chi connectivity index (χ0n) is 14.2. The van der Waals surface area contributed by atoms with E-state index in [2.05, 4.69) is 10.3 Å². The molecule has 3 rings (SSSR count). The Morgan fingerprint density at radius 3 is 2.78 bits per heavy atom. The Balaban J connectivity index is 1.77. The Bertz CT molecular complexity index is 570. The molecule has 1 unspecified atom stereocenters. The molecule has 1 aromatic heterocycles. The first-order valence-electron chi connectivity index (χ1n) is 8.49. The largest absolute Gasteiger partial charge is 0.488 e. The first kappa shape index (κ1) is 16.2. The number of pyridine rings is 1. The molecule has 0 aromatic carbocycles. The van der Waals surface area contributed by atoms with E-state index < -0.39 is 0 Å². The molecule has 2 heterocycles. The van der Waals surface area contributed by atoms with Gasteiger partial charge in [0.2, 0.25) is 0 Å². The van der Waals surface area contributed by atoms with E-state index >= 15 is 0 Å². The van der Waals surface area contributed by atoms with Crippen molar-refractivity contribution in [3.8, 4) is 5.75 Å². The van der Waals surface area contributed by atoms with Gasteiger partial charge in [0.15, 0.2) is 11.4 Å². The van der Waals surface area contributed by atoms with Gasteiger partial charge < -0.3 is 14.8 Å². The van der Waals surface area contributed by atoms with Crippen LogP contribution in [0.25, 0.3) is 0 Å². The summed E-state index contributed by atoms with van der Waals surface area (Å²) < 4.78 is 11.5. The van der Waals surface area contributed by atoms with E-state index in [0.717, 1.165) is 19.4 Å². The molecule has 126 valence electrons. The van der Waals surface area contributed by atoms with E-state index in [0.29, 0.717) is 24.0 Å². The quantitative estimate of drug-likeness (QED) is 0.906. The minimum absolute atomic E-state index is 0.123. The standard InChI is InChI=1S/C18H26N2O3/c1-18(2,3)20-17(21)16-15(23-11-14-5-4-8-22-14)9-13(10-19-16)12-6-7-12/h9-10,12,14H,4-8,11H2,1-3H3,(H,20,21). The fourth-order valence-electron chi connectivity index (χ4n) is 2.74. The number of aromatic nitrogens is 1. The summed E-state index contributed by atoms with van der Waals surface area (Å²) in [5, 5.41) is 2.96. The molecule has 1 N–H and O–H groups in total. The number of ether oxygens (including phenoxy) is 2. The third-order valence-corrected chi connectivity index (χ3v) is 4.07. The van der Waals surface area contributed by atoms with Crippen LogP contribution in [-0.4, -0.2) is 35.7 Å². The zero-order chi connectivity index (χ0) is 16.4. The van der Waals surface area contributed by atoms with Gasteiger partial charge in [-0.1, -0.05) is 0 Å². The van der Waals surface area contributed by atoms with Gasteiger partial charge in [-0.2, -0.15) is 0 Å². The van der Waals surface area contributed by atoms with Crippen molar-refractivity contribution in [2.45, 2.75) is 64.0 Å². The number of nitrogens with zero attached hydrogens (tertiary/aromatic N) is 1. The van der Waals surface area contributed by atoms with Crippen LogP contribution in [0.5, 0.6) is 5.75 Å². The summed E-state index contributed by atoms with van der Waals surface area (Å²) in [4.78, 5) is 16.9. The van der Waals surface area contributed by atoms with Gasteiger partial charge in [-0.25, -0.2) is 4.98 Å². The molecular formula is C18H26N2O3. The smallest absolute Gasteiger partial charge is 0.274 e. The highest BCUT2D eigenvalue weighted by molar-refractivity contribution is 5.95. The lowest BCUT2D eigenvalue weighted by Crippen LogP contribution is -2.41. The predicted octanol–water partition coefficient (Wildman–Crippen LogP) is 3.05. The van der Waals surface area contributed by atoms with Gasteiger partial charge in [0.05, 0.1) is 6.10 Å². The normalized spacial score (nSPS) is 21.3. The van der Waals surface area contributed by atoms with Gasteiger partial charge in [-0.05, 0) is 64.0 Å². The monoisotopic (exact) mass is 318 g/mol. The maximum absolute atomic E-state index is 12.5. The third-order valence-electron chi connectivity index (χ3n) is 4.07. The van der Waals surface area contributed by atoms with Crippen LogP contribution in [0.2, 0.25) is 0 Å². The molecule has 5 nitrogen and oxygen atoms in total. The number of carbonyl (C=O) groups is 1. The SMILES string of the molecule is CC(C)(C)NC(=O)c1ncc(C2CC2)cc1OCC1CCCO1. The maximum Gasteiger partial charge on any atom is 0.274 e. The van der Waals surface area contributed by atoms with Crippen LogP contribution in [0, 0.1) is 0 Å². The maximum atomic E-state index is 12.5. The molecule has 5 heteroatoms. The molecule has 0 bridgehead atoms. The molecule has 0 spiro atoms. The summed E-state index contributed by atoms with van der Waals surface area (Å²) in [6, 6.07) is 1.98. The van der Waals surface area contributed by atoms with Crippen molar-refractivity contribution in [2.24, 2.45) is 0 Å².